The van der Waals surface area contributed by atoms with Crippen LogP contribution >= 0.6 is 34.2 Å². The summed E-state index contributed by atoms with van der Waals surface area (Å²) in [7, 11) is 0. The van der Waals surface area contributed by atoms with Gasteiger partial charge in [-0.15, -0.1) is 0 Å². The zero-order valence-electron chi connectivity index (χ0n) is 8.34. The highest BCUT2D eigenvalue weighted by atomic mass is 127. The van der Waals surface area contributed by atoms with E-state index in [-0.39, 0.29) is 5.91 Å². The van der Waals surface area contributed by atoms with E-state index in [1.165, 1.54) is 0 Å². The van der Waals surface area contributed by atoms with Crippen LogP contribution in [-0.2, 0) is 0 Å². The van der Waals surface area contributed by atoms with E-state index in [1.807, 2.05) is 17.0 Å². The van der Waals surface area contributed by atoms with Crippen LogP contribution in [0.25, 0.3) is 0 Å². The van der Waals surface area contributed by atoms with Gasteiger partial charge in [-0.3, -0.25) is 4.79 Å². The van der Waals surface area contributed by atoms with Crippen molar-refractivity contribution in [2.24, 2.45) is 5.92 Å². The third-order valence-corrected chi connectivity index (χ3v) is 4.33. The lowest BCUT2D eigenvalue weighted by molar-refractivity contribution is 0.0529. The Hall–Kier alpha value is -0.290. The minimum absolute atomic E-state index is 0.0972. The van der Waals surface area contributed by atoms with Crippen molar-refractivity contribution >= 4 is 40.1 Å². The number of likely N-dealkylation sites (tertiary alicyclic amines) is 1. The second kappa shape index (κ2) is 4.29. The zero-order chi connectivity index (χ0) is 11.0. The molecule has 0 spiro atoms. The minimum atomic E-state index is 0.0972. The molecule has 2 rings (SSSR count). The highest BCUT2D eigenvalue weighted by Crippen LogP contribution is 2.25. The number of amides is 1. The molecule has 1 aromatic carbocycles. The summed E-state index contributed by atoms with van der Waals surface area (Å²) in [6.07, 6.45) is 0. The molecule has 4 heteroatoms. The van der Waals surface area contributed by atoms with Gasteiger partial charge in [-0.2, -0.15) is 0 Å². The second-order valence-electron chi connectivity index (χ2n) is 3.92. The predicted molar refractivity (Wildman–Crippen MR) is 69.2 cm³/mol. The summed E-state index contributed by atoms with van der Waals surface area (Å²) in [6.45, 7) is 3.87. The van der Waals surface area contributed by atoms with Crippen molar-refractivity contribution in [2.75, 3.05) is 13.1 Å². The molecule has 2 nitrogen and oxygen atoms in total. The molecular weight excluding hydrogens is 324 g/mol. The number of hydrogen-bond donors (Lipinski definition) is 0. The van der Waals surface area contributed by atoms with E-state index in [2.05, 4.69) is 29.5 Å². The molecule has 1 aliphatic rings. The molecule has 80 valence electrons. The van der Waals surface area contributed by atoms with Gasteiger partial charge in [0.05, 0.1) is 10.6 Å². The molecule has 0 saturated carbocycles. The first-order valence-corrected chi connectivity index (χ1v) is 6.28. The lowest BCUT2D eigenvalue weighted by Crippen LogP contribution is -2.48. The molecule has 1 amide bonds. The van der Waals surface area contributed by atoms with Crippen molar-refractivity contribution in [3.63, 3.8) is 0 Å². The number of hydrogen-bond acceptors (Lipinski definition) is 1. The Kier molecular flexibility index (Phi) is 3.21. The van der Waals surface area contributed by atoms with Gasteiger partial charge in [-0.25, -0.2) is 0 Å². The maximum absolute atomic E-state index is 12.0. The Morgan fingerprint density at radius 3 is 2.80 bits per heavy atom. The Bertz CT molecular complexity index is 402. The largest absolute Gasteiger partial charge is 0.338 e. The number of rotatable bonds is 1. The third kappa shape index (κ3) is 2.13. The van der Waals surface area contributed by atoms with E-state index in [0.29, 0.717) is 10.9 Å². The normalized spacial score (nSPS) is 16.3. The number of carbonyl (C=O) groups excluding carboxylic acids is 1. The molecular formula is C11H11ClINO. The van der Waals surface area contributed by atoms with Crippen molar-refractivity contribution in [1.82, 2.24) is 4.90 Å². The lowest BCUT2D eigenvalue weighted by Gasteiger charge is -2.37. The van der Waals surface area contributed by atoms with Crippen LogP contribution in [0.3, 0.4) is 0 Å². The van der Waals surface area contributed by atoms with Crippen molar-refractivity contribution in [3.8, 4) is 0 Å². The van der Waals surface area contributed by atoms with Gasteiger partial charge >= 0.3 is 0 Å². The van der Waals surface area contributed by atoms with Crippen LogP contribution in [0.1, 0.15) is 17.3 Å². The Labute approximate surface area is 108 Å². The van der Waals surface area contributed by atoms with Crippen LogP contribution in [-0.4, -0.2) is 23.9 Å². The fourth-order valence-electron chi connectivity index (χ4n) is 1.70. The van der Waals surface area contributed by atoms with Crippen LogP contribution in [0.5, 0.6) is 0 Å². The number of benzene rings is 1. The van der Waals surface area contributed by atoms with Gasteiger partial charge in [0.25, 0.3) is 5.91 Å². The molecule has 0 aliphatic carbocycles. The Balaban J connectivity index is 2.22. The fourth-order valence-corrected chi connectivity index (χ4v) is 2.47. The van der Waals surface area contributed by atoms with E-state index >= 15 is 0 Å². The van der Waals surface area contributed by atoms with Crippen molar-refractivity contribution in [1.29, 1.82) is 0 Å². The van der Waals surface area contributed by atoms with Gasteiger partial charge in [0.1, 0.15) is 0 Å². The van der Waals surface area contributed by atoms with Gasteiger partial charge < -0.3 is 4.90 Å². The van der Waals surface area contributed by atoms with Gasteiger partial charge in [0.2, 0.25) is 0 Å². The fraction of sp³-hybridized carbons (Fsp3) is 0.364. The zero-order valence-corrected chi connectivity index (χ0v) is 11.2. The third-order valence-electron chi connectivity index (χ3n) is 2.53. The molecule has 15 heavy (non-hydrogen) atoms. The summed E-state index contributed by atoms with van der Waals surface area (Å²) in [5.74, 6) is 0.728. The van der Waals surface area contributed by atoms with Gasteiger partial charge in [0.15, 0.2) is 0 Å². The van der Waals surface area contributed by atoms with E-state index in [0.717, 1.165) is 22.2 Å². The van der Waals surface area contributed by atoms with Gasteiger partial charge in [0, 0.05) is 16.7 Å². The van der Waals surface area contributed by atoms with Crippen molar-refractivity contribution in [2.45, 2.75) is 6.92 Å². The monoisotopic (exact) mass is 335 g/mol. The van der Waals surface area contributed by atoms with Crippen LogP contribution in [0.15, 0.2) is 18.2 Å². The summed E-state index contributed by atoms with van der Waals surface area (Å²) >= 11 is 8.09. The molecule has 1 fully saturated rings. The summed E-state index contributed by atoms with van der Waals surface area (Å²) in [4.78, 5) is 13.9. The smallest absolute Gasteiger partial charge is 0.255 e. The van der Waals surface area contributed by atoms with Gasteiger partial charge in [-0.05, 0) is 40.6 Å². The highest BCUT2D eigenvalue weighted by Gasteiger charge is 2.28. The van der Waals surface area contributed by atoms with Crippen LogP contribution in [0.2, 0.25) is 5.02 Å². The highest BCUT2D eigenvalue weighted by molar-refractivity contribution is 14.1. The van der Waals surface area contributed by atoms with Crippen LogP contribution < -0.4 is 0 Å². The first kappa shape index (κ1) is 11.2. The van der Waals surface area contributed by atoms with Gasteiger partial charge in [-0.1, -0.05) is 24.6 Å². The summed E-state index contributed by atoms with van der Waals surface area (Å²) in [5.41, 5.74) is 0.718. The molecule has 0 aromatic heterocycles. The van der Waals surface area contributed by atoms with Crippen LogP contribution in [0, 0.1) is 9.49 Å². The van der Waals surface area contributed by atoms with E-state index in [1.54, 1.807) is 6.07 Å². The maximum atomic E-state index is 12.0. The summed E-state index contributed by atoms with van der Waals surface area (Å²) in [6, 6.07) is 5.46. The Morgan fingerprint density at radius 1 is 1.53 bits per heavy atom. The van der Waals surface area contributed by atoms with E-state index < -0.39 is 0 Å². The second-order valence-corrected chi connectivity index (χ2v) is 5.40. The maximum Gasteiger partial charge on any atom is 0.255 e. The summed E-state index contributed by atoms with van der Waals surface area (Å²) < 4.78 is 0.848. The number of halogens is 2. The van der Waals surface area contributed by atoms with E-state index in [4.69, 9.17) is 11.6 Å². The SMILES string of the molecule is CC1CN(C(=O)c2cccc(Cl)c2I)C1. The molecule has 1 aromatic rings. The standard InChI is InChI=1S/C11H11ClINO/c1-7-5-14(6-7)11(15)8-3-2-4-9(12)10(8)13/h2-4,7H,5-6H2,1H3. The molecule has 1 aliphatic heterocycles. The van der Waals surface area contributed by atoms with Crippen molar-refractivity contribution < 1.29 is 4.79 Å². The quantitative estimate of drug-likeness (QED) is 0.723. The molecule has 0 N–H and O–H groups in total. The number of nitrogens with zero attached hydrogens (tertiary/aromatic N) is 1. The van der Waals surface area contributed by atoms with Crippen molar-refractivity contribution in [3.05, 3.63) is 32.4 Å². The first-order chi connectivity index (χ1) is 7.09. The molecule has 0 atom stereocenters. The average molecular weight is 336 g/mol. The average Bonchev–Trinajstić information content (AvgIpc) is 2.16. The minimum Gasteiger partial charge on any atom is -0.338 e. The number of carbonyl (C=O) groups is 1. The molecule has 1 heterocycles. The topological polar surface area (TPSA) is 20.3 Å². The Morgan fingerprint density at radius 2 is 2.20 bits per heavy atom. The molecule has 1 saturated heterocycles. The van der Waals surface area contributed by atoms with E-state index in [9.17, 15) is 4.79 Å². The molecule has 0 radical (unpaired) electrons. The first-order valence-electron chi connectivity index (χ1n) is 4.83. The molecule has 0 bridgehead atoms. The predicted octanol–water partition coefficient (Wildman–Crippen LogP) is 3.04. The van der Waals surface area contributed by atoms with Crippen LogP contribution in [0.4, 0.5) is 0 Å². The lowest BCUT2D eigenvalue weighted by atomic mass is 10.0. The molecule has 0 unspecified atom stereocenters. The summed E-state index contributed by atoms with van der Waals surface area (Å²) in [5, 5.41) is 0.648.